The lowest BCUT2D eigenvalue weighted by Crippen LogP contribution is -2.36. The van der Waals surface area contributed by atoms with E-state index in [0.717, 1.165) is 37.0 Å². The highest BCUT2D eigenvalue weighted by Crippen LogP contribution is 2.33. The Hall–Kier alpha value is -3.09. The Morgan fingerprint density at radius 2 is 1.83 bits per heavy atom. The molecule has 1 unspecified atom stereocenters. The molecular formula is C22H19F3N2O2. The number of aromatic nitrogens is 1. The largest absolute Gasteiger partial charge is 0.416 e. The third-order valence-electron chi connectivity index (χ3n) is 5.23. The zero-order valence-electron chi connectivity index (χ0n) is 15.5. The van der Waals surface area contributed by atoms with E-state index in [1.54, 1.807) is 0 Å². The molecule has 0 bridgehead atoms. The van der Waals surface area contributed by atoms with Crippen LogP contribution < -0.4 is 0 Å². The molecule has 1 aliphatic heterocycles. The summed E-state index contributed by atoms with van der Waals surface area (Å²) < 4.78 is 43.6. The molecule has 1 aliphatic rings. The highest BCUT2D eigenvalue weighted by atomic mass is 19.4. The number of likely N-dealkylation sites (tertiary alicyclic amines) is 1. The van der Waals surface area contributed by atoms with Crippen molar-refractivity contribution in [2.45, 2.75) is 31.5 Å². The molecule has 7 heteroatoms. The maximum absolute atomic E-state index is 13.2. The summed E-state index contributed by atoms with van der Waals surface area (Å²) >= 11 is 0. The second kappa shape index (κ2) is 7.73. The van der Waals surface area contributed by atoms with E-state index < -0.39 is 11.7 Å². The van der Waals surface area contributed by atoms with Crippen molar-refractivity contribution in [1.82, 2.24) is 10.1 Å². The molecule has 1 amide bonds. The number of halogens is 3. The van der Waals surface area contributed by atoms with Crippen LogP contribution >= 0.6 is 0 Å². The van der Waals surface area contributed by atoms with Gasteiger partial charge in [0.2, 0.25) is 0 Å². The second-order valence-corrected chi connectivity index (χ2v) is 7.13. The zero-order valence-corrected chi connectivity index (χ0v) is 15.5. The van der Waals surface area contributed by atoms with Crippen LogP contribution in [0.1, 0.15) is 34.3 Å². The van der Waals surface area contributed by atoms with Crippen molar-refractivity contribution in [2.24, 2.45) is 0 Å². The number of carbonyl (C=O) groups excluding carboxylic acids is 1. The third kappa shape index (κ3) is 4.04. The molecule has 1 aromatic heterocycles. The second-order valence-electron chi connectivity index (χ2n) is 7.13. The van der Waals surface area contributed by atoms with Crippen molar-refractivity contribution in [3.8, 4) is 11.3 Å². The van der Waals surface area contributed by atoms with Crippen molar-refractivity contribution in [1.29, 1.82) is 0 Å². The van der Waals surface area contributed by atoms with Gasteiger partial charge in [0.1, 0.15) is 5.56 Å². The molecule has 0 N–H and O–H groups in total. The number of rotatable bonds is 4. The van der Waals surface area contributed by atoms with Gasteiger partial charge in [-0.3, -0.25) is 4.79 Å². The average Bonchev–Trinajstić information content (AvgIpc) is 3.37. The van der Waals surface area contributed by atoms with Crippen LogP contribution in [0.5, 0.6) is 0 Å². The van der Waals surface area contributed by atoms with Gasteiger partial charge in [0.25, 0.3) is 5.91 Å². The van der Waals surface area contributed by atoms with Gasteiger partial charge in [-0.25, -0.2) is 0 Å². The molecule has 2 heterocycles. The fourth-order valence-corrected chi connectivity index (χ4v) is 3.77. The first kappa shape index (κ1) is 19.2. The zero-order chi connectivity index (χ0) is 20.4. The van der Waals surface area contributed by atoms with Gasteiger partial charge in [0.15, 0.2) is 5.76 Å². The summed E-state index contributed by atoms with van der Waals surface area (Å²) in [7, 11) is 0. The Morgan fingerprint density at radius 3 is 2.52 bits per heavy atom. The van der Waals surface area contributed by atoms with E-state index in [1.807, 2.05) is 35.2 Å². The van der Waals surface area contributed by atoms with E-state index >= 15 is 0 Å². The Morgan fingerprint density at radius 1 is 1.10 bits per heavy atom. The SMILES string of the molecule is O=C(c1cnoc1-c1ccc(C(F)(F)F)cc1)N1CCCC1Cc1ccccc1. The lowest BCUT2D eigenvalue weighted by Gasteiger charge is -2.24. The van der Waals surface area contributed by atoms with Crippen LogP contribution in [0.2, 0.25) is 0 Å². The molecule has 4 nitrogen and oxygen atoms in total. The van der Waals surface area contributed by atoms with Crippen LogP contribution in [0.4, 0.5) is 13.2 Å². The van der Waals surface area contributed by atoms with E-state index in [-0.39, 0.29) is 23.3 Å². The highest BCUT2D eigenvalue weighted by Gasteiger charge is 2.33. The number of benzene rings is 2. The van der Waals surface area contributed by atoms with Crippen LogP contribution in [0, 0.1) is 0 Å². The third-order valence-corrected chi connectivity index (χ3v) is 5.23. The molecule has 2 aromatic carbocycles. The van der Waals surface area contributed by atoms with Gasteiger partial charge in [-0.2, -0.15) is 13.2 Å². The molecule has 0 radical (unpaired) electrons. The predicted molar refractivity (Wildman–Crippen MR) is 101 cm³/mol. The van der Waals surface area contributed by atoms with Crippen LogP contribution in [0.15, 0.2) is 65.3 Å². The Bertz CT molecular complexity index is 981. The van der Waals surface area contributed by atoms with Gasteiger partial charge < -0.3 is 9.42 Å². The minimum absolute atomic E-state index is 0.0697. The van der Waals surface area contributed by atoms with Crippen molar-refractivity contribution in [3.63, 3.8) is 0 Å². The summed E-state index contributed by atoms with van der Waals surface area (Å²) in [5, 5.41) is 3.73. The van der Waals surface area contributed by atoms with E-state index in [4.69, 9.17) is 4.52 Å². The predicted octanol–water partition coefficient (Wildman–Crippen LogP) is 5.21. The number of amides is 1. The number of hydrogen-bond acceptors (Lipinski definition) is 3. The minimum Gasteiger partial charge on any atom is -0.355 e. The molecule has 3 aromatic rings. The van der Waals surface area contributed by atoms with Gasteiger partial charge in [0, 0.05) is 18.2 Å². The monoisotopic (exact) mass is 400 g/mol. The number of hydrogen-bond donors (Lipinski definition) is 0. The quantitative estimate of drug-likeness (QED) is 0.604. The fourth-order valence-electron chi connectivity index (χ4n) is 3.77. The van der Waals surface area contributed by atoms with E-state index in [9.17, 15) is 18.0 Å². The topological polar surface area (TPSA) is 46.3 Å². The van der Waals surface area contributed by atoms with Gasteiger partial charge in [-0.05, 0) is 37.0 Å². The summed E-state index contributed by atoms with van der Waals surface area (Å²) in [6.45, 7) is 0.633. The maximum atomic E-state index is 13.2. The average molecular weight is 400 g/mol. The summed E-state index contributed by atoms with van der Waals surface area (Å²) in [4.78, 5) is 15.0. The summed E-state index contributed by atoms with van der Waals surface area (Å²) in [6.07, 6.45) is -0.509. The molecule has 0 spiro atoms. The lowest BCUT2D eigenvalue weighted by molar-refractivity contribution is -0.137. The fraction of sp³-hybridized carbons (Fsp3) is 0.273. The van der Waals surface area contributed by atoms with Crippen LogP contribution in [-0.4, -0.2) is 28.6 Å². The standard InChI is InChI=1S/C22H19F3N2O2/c23-22(24,25)17-10-8-16(9-11-17)20-19(14-26-29-20)21(28)27-12-4-7-18(27)13-15-5-2-1-3-6-15/h1-3,5-6,8-11,14,18H,4,7,12-13H2. The molecule has 0 aliphatic carbocycles. The van der Waals surface area contributed by atoms with Crippen LogP contribution in [0.25, 0.3) is 11.3 Å². The van der Waals surface area contributed by atoms with E-state index in [1.165, 1.54) is 18.3 Å². The van der Waals surface area contributed by atoms with Crippen molar-refractivity contribution in [2.75, 3.05) is 6.54 Å². The van der Waals surface area contributed by atoms with E-state index in [2.05, 4.69) is 5.16 Å². The van der Waals surface area contributed by atoms with E-state index in [0.29, 0.717) is 12.1 Å². The Kier molecular flexibility index (Phi) is 5.13. The minimum atomic E-state index is -4.42. The van der Waals surface area contributed by atoms with Crippen molar-refractivity contribution in [3.05, 3.63) is 77.5 Å². The normalized spacial score (nSPS) is 16.9. The number of nitrogens with zero attached hydrogens (tertiary/aromatic N) is 2. The molecule has 1 atom stereocenters. The van der Waals surface area contributed by atoms with Gasteiger partial charge in [-0.1, -0.05) is 47.6 Å². The van der Waals surface area contributed by atoms with Gasteiger partial charge in [-0.15, -0.1) is 0 Å². The van der Waals surface area contributed by atoms with Crippen LogP contribution in [0.3, 0.4) is 0 Å². The smallest absolute Gasteiger partial charge is 0.355 e. The van der Waals surface area contributed by atoms with Crippen molar-refractivity contribution < 1.29 is 22.5 Å². The lowest BCUT2D eigenvalue weighted by atomic mass is 10.0. The van der Waals surface area contributed by atoms with Gasteiger partial charge in [0.05, 0.1) is 11.8 Å². The van der Waals surface area contributed by atoms with Crippen molar-refractivity contribution >= 4 is 5.91 Å². The molecular weight excluding hydrogens is 381 g/mol. The van der Waals surface area contributed by atoms with Gasteiger partial charge >= 0.3 is 6.18 Å². The summed E-state index contributed by atoms with van der Waals surface area (Å²) in [5.41, 5.74) is 1.06. The molecule has 1 saturated heterocycles. The first-order valence-electron chi connectivity index (χ1n) is 9.40. The number of alkyl halides is 3. The highest BCUT2D eigenvalue weighted by molar-refractivity contribution is 5.99. The molecule has 4 rings (SSSR count). The summed E-state index contributed by atoms with van der Waals surface area (Å²) in [6, 6.07) is 14.6. The molecule has 150 valence electrons. The Labute approximate surface area is 165 Å². The Balaban J connectivity index is 1.56. The molecule has 1 fully saturated rings. The summed E-state index contributed by atoms with van der Waals surface area (Å²) in [5.74, 6) is -0.0198. The first-order valence-corrected chi connectivity index (χ1v) is 9.40. The number of carbonyl (C=O) groups is 1. The molecule has 29 heavy (non-hydrogen) atoms. The molecule has 0 saturated carbocycles. The first-order chi connectivity index (χ1) is 13.9. The maximum Gasteiger partial charge on any atom is 0.416 e. The van der Waals surface area contributed by atoms with Crippen LogP contribution in [-0.2, 0) is 12.6 Å².